The first-order chi connectivity index (χ1) is 17.6. The molecule has 2 N–H and O–H groups in total. The predicted octanol–water partition coefficient (Wildman–Crippen LogP) is 2.76. The second-order valence-corrected chi connectivity index (χ2v) is 10.0. The topological polar surface area (TPSA) is 130 Å². The molecule has 0 radical (unpaired) electrons. The molecule has 1 saturated heterocycles. The fourth-order valence-corrected chi connectivity index (χ4v) is 4.23. The van der Waals surface area contributed by atoms with Crippen LogP contribution in [0.2, 0.25) is 5.02 Å². The summed E-state index contributed by atoms with van der Waals surface area (Å²) in [6, 6.07) is 8.85. The van der Waals surface area contributed by atoms with Gasteiger partial charge in [-0.05, 0) is 44.5 Å². The molecule has 10 nitrogen and oxygen atoms in total. The maximum Gasteiger partial charge on any atom is 0.410 e. The van der Waals surface area contributed by atoms with Crippen LogP contribution < -0.4 is 4.90 Å². The second kappa shape index (κ2) is 12.2. The number of carbonyl (C=O) groups excluding carboxylic acids is 2. The lowest BCUT2D eigenvalue weighted by molar-refractivity contribution is 0.0240. The number of hydrogen-bond acceptors (Lipinski definition) is 8. The minimum atomic E-state index is -0.563. The number of carbonyl (C=O) groups is 2. The summed E-state index contributed by atoms with van der Waals surface area (Å²) in [4.78, 5) is 34.6. The van der Waals surface area contributed by atoms with Gasteiger partial charge in [0.1, 0.15) is 17.5 Å². The van der Waals surface area contributed by atoms with E-state index in [4.69, 9.17) is 16.3 Å². The molecule has 0 aliphatic carbocycles. The first-order valence-electron chi connectivity index (χ1n) is 12.0. The molecule has 1 aliphatic heterocycles. The van der Waals surface area contributed by atoms with Crippen molar-refractivity contribution < 1.29 is 24.5 Å². The van der Waals surface area contributed by atoms with Crippen LogP contribution in [0.25, 0.3) is 11.1 Å². The molecule has 1 fully saturated rings. The smallest absolute Gasteiger partial charge is 0.410 e. The molecule has 2 amide bonds. The van der Waals surface area contributed by atoms with Crippen LogP contribution in [0.4, 0.5) is 10.6 Å². The van der Waals surface area contributed by atoms with Crippen molar-refractivity contribution >= 4 is 29.4 Å². The van der Waals surface area contributed by atoms with Crippen LogP contribution in [0.1, 0.15) is 36.7 Å². The largest absolute Gasteiger partial charge is 0.444 e. The third kappa shape index (κ3) is 7.10. The molecule has 2 heterocycles. The highest BCUT2D eigenvalue weighted by Crippen LogP contribution is 2.29. The van der Waals surface area contributed by atoms with Crippen molar-refractivity contribution in [2.24, 2.45) is 0 Å². The van der Waals surface area contributed by atoms with Gasteiger partial charge in [-0.1, -0.05) is 17.7 Å². The zero-order valence-electron chi connectivity index (χ0n) is 21.3. The molecule has 0 saturated carbocycles. The van der Waals surface area contributed by atoms with E-state index in [-0.39, 0.29) is 43.0 Å². The maximum absolute atomic E-state index is 12.8. The molecule has 37 heavy (non-hydrogen) atoms. The molecule has 0 spiro atoms. The molecule has 2 aromatic rings. The van der Waals surface area contributed by atoms with Gasteiger partial charge in [0, 0.05) is 51.0 Å². The first-order valence-corrected chi connectivity index (χ1v) is 12.4. The number of piperazine rings is 1. The van der Waals surface area contributed by atoms with Crippen molar-refractivity contribution in [1.82, 2.24) is 14.8 Å². The Labute approximate surface area is 221 Å². The summed E-state index contributed by atoms with van der Waals surface area (Å²) in [5.74, 6) is 0.146. The highest BCUT2D eigenvalue weighted by molar-refractivity contribution is 6.34. The maximum atomic E-state index is 12.8. The molecule has 3 rings (SSSR count). The SMILES string of the molecule is CC(C)(C)OC(=O)N1CCN(c2ncc(-c3ccc(C(=O)N(CCO)CCO)c(Cl)c3)cc2C#N)CC1. The molecule has 198 valence electrons. The van der Waals surface area contributed by atoms with Crippen LogP contribution in [0.3, 0.4) is 0 Å². The molecule has 1 aromatic heterocycles. The molecular formula is C26H32ClN5O5. The van der Waals surface area contributed by atoms with E-state index in [1.54, 1.807) is 35.4 Å². The predicted molar refractivity (Wildman–Crippen MR) is 139 cm³/mol. The Hall–Kier alpha value is -3.39. The van der Waals surface area contributed by atoms with Crippen molar-refractivity contribution in [3.05, 3.63) is 46.6 Å². The molecule has 11 heteroatoms. The summed E-state index contributed by atoms with van der Waals surface area (Å²) in [5.41, 5.74) is 1.42. The highest BCUT2D eigenvalue weighted by Gasteiger charge is 2.27. The number of aliphatic hydroxyl groups is 2. The lowest BCUT2D eigenvalue weighted by Crippen LogP contribution is -2.50. The number of pyridine rings is 1. The van der Waals surface area contributed by atoms with Gasteiger partial charge in [0.25, 0.3) is 5.91 Å². The van der Waals surface area contributed by atoms with Crippen molar-refractivity contribution in [3.63, 3.8) is 0 Å². The fourth-order valence-electron chi connectivity index (χ4n) is 3.97. The van der Waals surface area contributed by atoms with Gasteiger partial charge in [-0.25, -0.2) is 9.78 Å². The number of ether oxygens (including phenoxy) is 1. The van der Waals surface area contributed by atoms with Crippen molar-refractivity contribution in [1.29, 1.82) is 5.26 Å². The van der Waals surface area contributed by atoms with Crippen LogP contribution in [-0.4, -0.2) is 95.1 Å². The van der Waals surface area contributed by atoms with Crippen molar-refractivity contribution in [2.75, 3.05) is 57.4 Å². The monoisotopic (exact) mass is 529 g/mol. The van der Waals surface area contributed by atoms with E-state index >= 15 is 0 Å². The van der Waals surface area contributed by atoms with Crippen molar-refractivity contribution in [2.45, 2.75) is 26.4 Å². The average Bonchev–Trinajstić information content (AvgIpc) is 2.87. The number of rotatable bonds is 7. The van der Waals surface area contributed by atoms with Crippen LogP contribution in [-0.2, 0) is 4.74 Å². The van der Waals surface area contributed by atoms with E-state index in [0.717, 1.165) is 0 Å². The zero-order valence-corrected chi connectivity index (χ0v) is 22.0. The third-order valence-corrected chi connectivity index (χ3v) is 6.09. The van der Waals surface area contributed by atoms with E-state index < -0.39 is 11.5 Å². The number of anilines is 1. The highest BCUT2D eigenvalue weighted by atomic mass is 35.5. The number of nitrogens with zero attached hydrogens (tertiary/aromatic N) is 5. The number of hydrogen-bond donors (Lipinski definition) is 2. The Bertz CT molecular complexity index is 1160. The Morgan fingerprint density at radius 3 is 2.30 bits per heavy atom. The summed E-state index contributed by atoms with van der Waals surface area (Å²) >= 11 is 6.42. The summed E-state index contributed by atoms with van der Waals surface area (Å²) in [5, 5.41) is 28.4. The standard InChI is InChI=1S/C26H32ClN5O5/c1-26(2,3)37-25(36)32-8-6-30(7-9-32)23-19(16-28)14-20(17-29-23)18-4-5-21(22(27)15-18)24(35)31(10-12-33)11-13-34/h4-5,14-15,17,33-34H,6-13H2,1-3H3. The summed E-state index contributed by atoms with van der Waals surface area (Å²) in [7, 11) is 0. The number of nitriles is 1. The first kappa shape index (κ1) is 28.2. The number of halogens is 1. The van der Waals surface area contributed by atoms with Gasteiger partial charge < -0.3 is 29.6 Å². The molecule has 0 atom stereocenters. The number of aliphatic hydroxyl groups excluding tert-OH is 2. The molecule has 0 bridgehead atoms. The summed E-state index contributed by atoms with van der Waals surface area (Å²) in [6.07, 6.45) is 1.29. The minimum absolute atomic E-state index is 0.0837. The molecular weight excluding hydrogens is 498 g/mol. The minimum Gasteiger partial charge on any atom is -0.444 e. The molecule has 1 aliphatic rings. The van der Waals surface area contributed by atoms with Crippen LogP contribution in [0.5, 0.6) is 0 Å². The normalized spacial score (nSPS) is 13.8. The lowest BCUT2D eigenvalue weighted by atomic mass is 10.0. The number of aromatic nitrogens is 1. The van der Waals surface area contributed by atoms with E-state index in [1.165, 1.54) is 4.90 Å². The third-order valence-electron chi connectivity index (χ3n) is 5.78. The quantitative estimate of drug-likeness (QED) is 0.560. The van der Waals surface area contributed by atoms with Gasteiger partial charge in [0.2, 0.25) is 0 Å². The van der Waals surface area contributed by atoms with Gasteiger partial charge in [-0.3, -0.25) is 4.79 Å². The number of amides is 2. The molecule has 0 unspecified atom stereocenters. The van der Waals surface area contributed by atoms with Crippen LogP contribution in [0, 0.1) is 11.3 Å². The Balaban J connectivity index is 1.75. The number of benzene rings is 1. The van der Waals surface area contributed by atoms with Crippen molar-refractivity contribution in [3.8, 4) is 17.2 Å². The van der Waals surface area contributed by atoms with Crippen LogP contribution in [0.15, 0.2) is 30.5 Å². The van der Waals surface area contributed by atoms with Gasteiger partial charge in [-0.15, -0.1) is 0 Å². The zero-order chi connectivity index (χ0) is 27.2. The summed E-state index contributed by atoms with van der Waals surface area (Å²) in [6.45, 7) is 7.13. The van der Waals surface area contributed by atoms with Gasteiger partial charge in [-0.2, -0.15) is 5.26 Å². The van der Waals surface area contributed by atoms with Gasteiger partial charge in [0.05, 0.1) is 29.4 Å². The Kier molecular flexibility index (Phi) is 9.32. The van der Waals surface area contributed by atoms with E-state index in [1.807, 2.05) is 25.7 Å². The van der Waals surface area contributed by atoms with Gasteiger partial charge in [0.15, 0.2) is 0 Å². The summed E-state index contributed by atoms with van der Waals surface area (Å²) < 4.78 is 5.44. The van der Waals surface area contributed by atoms with Gasteiger partial charge >= 0.3 is 6.09 Å². The van der Waals surface area contributed by atoms with Crippen LogP contribution >= 0.6 is 11.6 Å². The fraction of sp³-hybridized carbons (Fsp3) is 0.462. The molecule has 1 aromatic carbocycles. The van der Waals surface area contributed by atoms with E-state index in [0.29, 0.717) is 48.7 Å². The second-order valence-electron chi connectivity index (χ2n) is 9.60. The van der Waals surface area contributed by atoms with E-state index in [2.05, 4.69) is 11.1 Å². The van der Waals surface area contributed by atoms with E-state index in [9.17, 15) is 25.1 Å². The average molecular weight is 530 g/mol. The Morgan fingerprint density at radius 1 is 1.11 bits per heavy atom. The Morgan fingerprint density at radius 2 is 1.76 bits per heavy atom. The lowest BCUT2D eigenvalue weighted by Gasteiger charge is -2.36.